The number of anilines is 1. The summed E-state index contributed by atoms with van der Waals surface area (Å²) in [5, 5.41) is 20.8. The van der Waals surface area contributed by atoms with Crippen LogP contribution in [-0.2, 0) is 0 Å². The molecule has 0 saturated carbocycles. The summed E-state index contributed by atoms with van der Waals surface area (Å²) in [7, 11) is 3.07. The van der Waals surface area contributed by atoms with E-state index in [-0.39, 0.29) is 19.2 Å². The number of aryl methyl sites for hydroxylation is 1. The van der Waals surface area contributed by atoms with E-state index >= 15 is 0 Å². The van der Waals surface area contributed by atoms with E-state index in [1.807, 2.05) is 19.1 Å². The molecule has 106 valence electrons. The van der Waals surface area contributed by atoms with Crippen LogP contribution >= 0.6 is 0 Å². The first-order valence-electron chi connectivity index (χ1n) is 5.94. The Bertz CT molecular complexity index is 437. The Labute approximate surface area is 112 Å². The van der Waals surface area contributed by atoms with Gasteiger partial charge in [0.15, 0.2) is 0 Å². The molecule has 6 heteroatoms. The average Bonchev–Trinajstić information content (AvgIpc) is 2.40. The SMILES string of the molecule is COc1cccc(C)c1NC(=O)N(C)C[C@H](O)CO. The van der Waals surface area contributed by atoms with Gasteiger partial charge in [0, 0.05) is 7.05 Å². The zero-order chi connectivity index (χ0) is 14.4. The third-order valence-corrected chi connectivity index (χ3v) is 2.73. The highest BCUT2D eigenvalue weighted by molar-refractivity contribution is 5.91. The molecule has 3 N–H and O–H groups in total. The molecule has 0 saturated heterocycles. The van der Waals surface area contributed by atoms with E-state index in [0.29, 0.717) is 11.4 Å². The van der Waals surface area contributed by atoms with E-state index in [4.69, 9.17) is 9.84 Å². The predicted molar refractivity (Wildman–Crippen MR) is 72.5 cm³/mol. The minimum Gasteiger partial charge on any atom is -0.495 e. The maximum absolute atomic E-state index is 12.0. The number of likely N-dealkylation sites (N-methyl/N-ethyl adjacent to an activating group) is 1. The number of rotatable bonds is 5. The first-order chi connectivity index (χ1) is 8.99. The van der Waals surface area contributed by atoms with Crippen LogP contribution in [0.15, 0.2) is 18.2 Å². The van der Waals surface area contributed by atoms with Gasteiger partial charge in [-0.1, -0.05) is 12.1 Å². The zero-order valence-corrected chi connectivity index (χ0v) is 11.4. The van der Waals surface area contributed by atoms with E-state index < -0.39 is 6.10 Å². The third kappa shape index (κ3) is 4.11. The number of carbonyl (C=O) groups is 1. The standard InChI is InChI=1S/C13H20N2O4/c1-9-5-4-6-11(19-3)12(9)14-13(18)15(2)7-10(17)8-16/h4-6,10,16-17H,7-8H2,1-3H3,(H,14,18)/t10-/m0/s1. The van der Waals surface area contributed by atoms with Crippen LogP contribution < -0.4 is 10.1 Å². The lowest BCUT2D eigenvalue weighted by Gasteiger charge is -2.21. The van der Waals surface area contributed by atoms with Crippen molar-refractivity contribution in [2.24, 2.45) is 0 Å². The van der Waals surface area contributed by atoms with Crippen LogP contribution in [0, 0.1) is 6.92 Å². The molecule has 1 atom stereocenters. The van der Waals surface area contributed by atoms with E-state index in [1.165, 1.54) is 12.0 Å². The summed E-state index contributed by atoms with van der Waals surface area (Å²) in [6.07, 6.45) is -0.950. The van der Waals surface area contributed by atoms with Gasteiger partial charge in [-0.05, 0) is 18.6 Å². The van der Waals surface area contributed by atoms with Crippen molar-refractivity contribution in [1.82, 2.24) is 4.90 Å². The maximum Gasteiger partial charge on any atom is 0.321 e. The Kier molecular flexibility index (Phi) is 5.59. The molecule has 1 rings (SSSR count). The molecule has 1 aromatic rings. The van der Waals surface area contributed by atoms with Gasteiger partial charge in [-0.2, -0.15) is 0 Å². The Balaban J connectivity index is 2.76. The van der Waals surface area contributed by atoms with Crippen LogP contribution in [0.4, 0.5) is 10.5 Å². The molecule has 0 unspecified atom stereocenters. The van der Waals surface area contributed by atoms with Gasteiger partial charge >= 0.3 is 6.03 Å². The smallest absolute Gasteiger partial charge is 0.321 e. The fourth-order valence-electron chi connectivity index (χ4n) is 1.63. The van der Waals surface area contributed by atoms with Crippen molar-refractivity contribution in [1.29, 1.82) is 0 Å². The van der Waals surface area contributed by atoms with Gasteiger partial charge in [-0.3, -0.25) is 0 Å². The molecule has 0 aliphatic carbocycles. The molecule has 19 heavy (non-hydrogen) atoms. The van der Waals surface area contributed by atoms with E-state index in [1.54, 1.807) is 13.1 Å². The van der Waals surface area contributed by atoms with Crippen molar-refractivity contribution in [2.45, 2.75) is 13.0 Å². The summed E-state index contributed by atoms with van der Waals surface area (Å²) in [5.41, 5.74) is 1.48. The number of nitrogens with one attached hydrogen (secondary N) is 1. The minimum atomic E-state index is -0.950. The highest BCUT2D eigenvalue weighted by Gasteiger charge is 2.15. The molecular weight excluding hydrogens is 248 g/mol. The molecule has 0 spiro atoms. The van der Waals surface area contributed by atoms with E-state index in [9.17, 15) is 9.90 Å². The first kappa shape index (κ1) is 15.3. The van der Waals surface area contributed by atoms with Crippen molar-refractivity contribution in [3.8, 4) is 5.75 Å². The number of aliphatic hydroxyl groups is 2. The number of hydrogen-bond acceptors (Lipinski definition) is 4. The molecule has 0 radical (unpaired) electrons. The monoisotopic (exact) mass is 268 g/mol. The number of nitrogens with zero attached hydrogens (tertiary/aromatic N) is 1. The number of carbonyl (C=O) groups excluding carboxylic acids is 1. The second-order valence-corrected chi connectivity index (χ2v) is 4.30. The van der Waals surface area contributed by atoms with Gasteiger partial charge in [-0.25, -0.2) is 4.79 Å². The first-order valence-corrected chi connectivity index (χ1v) is 5.94. The van der Waals surface area contributed by atoms with Crippen molar-refractivity contribution in [2.75, 3.05) is 32.6 Å². The summed E-state index contributed by atoms with van der Waals surface area (Å²) in [5.74, 6) is 0.574. The van der Waals surface area contributed by atoms with Crippen molar-refractivity contribution in [3.05, 3.63) is 23.8 Å². The summed E-state index contributed by atoms with van der Waals surface area (Å²) in [6.45, 7) is 1.53. The molecule has 0 aromatic heterocycles. The molecule has 0 fully saturated rings. The summed E-state index contributed by atoms with van der Waals surface area (Å²) >= 11 is 0. The number of ether oxygens (including phenoxy) is 1. The molecule has 1 aromatic carbocycles. The average molecular weight is 268 g/mol. The molecule has 6 nitrogen and oxygen atoms in total. The van der Waals surface area contributed by atoms with Gasteiger partial charge < -0.3 is 25.2 Å². The van der Waals surface area contributed by atoms with E-state index in [2.05, 4.69) is 5.32 Å². The van der Waals surface area contributed by atoms with Crippen LogP contribution in [0.2, 0.25) is 0 Å². The maximum atomic E-state index is 12.0. The fraction of sp³-hybridized carbons (Fsp3) is 0.462. The zero-order valence-electron chi connectivity index (χ0n) is 11.4. The highest BCUT2D eigenvalue weighted by atomic mass is 16.5. The quantitative estimate of drug-likeness (QED) is 0.738. The lowest BCUT2D eigenvalue weighted by molar-refractivity contribution is 0.0750. The second kappa shape index (κ2) is 6.96. The van der Waals surface area contributed by atoms with Crippen molar-refractivity contribution in [3.63, 3.8) is 0 Å². The molecule has 0 aliphatic heterocycles. The van der Waals surface area contributed by atoms with E-state index in [0.717, 1.165) is 5.56 Å². The molecule has 2 amide bonds. The van der Waals surface area contributed by atoms with Crippen LogP contribution in [0.3, 0.4) is 0 Å². The second-order valence-electron chi connectivity index (χ2n) is 4.30. The highest BCUT2D eigenvalue weighted by Crippen LogP contribution is 2.27. The fourth-order valence-corrected chi connectivity index (χ4v) is 1.63. The Morgan fingerprint density at radius 1 is 1.53 bits per heavy atom. The van der Waals surface area contributed by atoms with Crippen LogP contribution in [0.5, 0.6) is 5.75 Å². The van der Waals surface area contributed by atoms with Crippen molar-refractivity contribution < 1.29 is 19.7 Å². The number of hydrogen-bond donors (Lipinski definition) is 3. The minimum absolute atomic E-state index is 0.0521. The normalized spacial score (nSPS) is 11.8. The van der Waals surface area contributed by atoms with Gasteiger partial charge in [0.2, 0.25) is 0 Å². The number of amides is 2. The lowest BCUT2D eigenvalue weighted by atomic mass is 10.2. The van der Waals surface area contributed by atoms with Gasteiger partial charge in [-0.15, -0.1) is 0 Å². The number of urea groups is 1. The van der Waals surface area contributed by atoms with Crippen LogP contribution in [0.25, 0.3) is 0 Å². The number of aliphatic hydroxyl groups excluding tert-OH is 2. The Morgan fingerprint density at radius 3 is 2.79 bits per heavy atom. The molecular formula is C13H20N2O4. The molecule has 0 aliphatic rings. The largest absolute Gasteiger partial charge is 0.495 e. The number of methoxy groups -OCH3 is 1. The van der Waals surface area contributed by atoms with Gasteiger partial charge in [0.25, 0.3) is 0 Å². The molecule has 0 heterocycles. The van der Waals surface area contributed by atoms with Crippen LogP contribution in [-0.4, -0.2) is 54.6 Å². The topological polar surface area (TPSA) is 82.0 Å². The summed E-state index contributed by atoms with van der Waals surface area (Å²) in [6, 6.07) is 5.08. The van der Waals surface area contributed by atoms with Gasteiger partial charge in [0.1, 0.15) is 5.75 Å². The lowest BCUT2D eigenvalue weighted by Crippen LogP contribution is -2.38. The number of para-hydroxylation sites is 1. The van der Waals surface area contributed by atoms with Gasteiger partial charge in [0.05, 0.1) is 32.1 Å². The summed E-state index contributed by atoms with van der Waals surface area (Å²) < 4.78 is 5.19. The molecule has 0 bridgehead atoms. The van der Waals surface area contributed by atoms with Crippen molar-refractivity contribution >= 4 is 11.7 Å². The van der Waals surface area contributed by atoms with Crippen LogP contribution in [0.1, 0.15) is 5.56 Å². The Hall–Kier alpha value is -1.79. The third-order valence-electron chi connectivity index (χ3n) is 2.73. The predicted octanol–water partition coefficient (Wildman–Crippen LogP) is 0.821. The summed E-state index contributed by atoms with van der Waals surface area (Å²) in [4.78, 5) is 13.2. The number of benzene rings is 1. The Morgan fingerprint density at radius 2 is 2.21 bits per heavy atom.